The number of nitrogens with one attached hydrogen (secondary N) is 1. The quantitative estimate of drug-likeness (QED) is 0.613. The Balaban J connectivity index is 2.15. The number of hydrogen-bond donors (Lipinski definition) is 1. The molecule has 0 unspecified atom stereocenters. The molecule has 1 N–H and O–H groups in total. The molecule has 0 aliphatic carbocycles. The molecule has 2 rings (SSSR count). The molecule has 0 atom stereocenters. The van der Waals surface area contributed by atoms with Crippen molar-refractivity contribution in [2.75, 3.05) is 12.4 Å². The van der Waals surface area contributed by atoms with Crippen molar-refractivity contribution >= 4 is 17.4 Å². The van der Waals surface area contributed by atoms with Gasteiger partial charge in [0.25, 0.3) is 0 Å². The van der Waals surface area contributed by atoms with Gasteiger partial charge >= 0.3 is 0 Å². The maximum absolute atomic E-state index is 9.33. The molecule has 0 heterocycles. The fourth-order valence-electron chi connectivity index (χ4n) is 1.94. The molecule has 4 heteroatoms. The number of thioether (sulfide) groups is 1. The average molecular weight is 310 g/mol. The number of nitriles is 1. The Morgan fingerprint density at radius 3 is 2.68 bits per heavy atom. The van der Waals surface area contributed by atoms with Gasteiger partial charge in [-0.05, 0) is 42.3 Å². The van der Waals surface area contributed by atoms with Crippen LogP contribution < -0.4 is 10.1 Å². The van der Waals surface area contributed by atoms with E-state index in [2.05, 4.69) is 18.3 Å². The zero-order chi connectivity index (χ0) is 15.8. The minimum Gasteiger partial charge on any atom is -0.497 e. The lowest BCUT2D eigenvalue weighted by Gasteiger charge is -2.09. The number of ether oxygens (including phenoxy) is 1. The summed E-state index contributed by atoms with van der Waals surface area (Å²) in [6.45, 7) is 2.09. The summed E-state index contributed by atoms with van der Waals surface area (Å²) in [6.07, 6.45) is 2.63. The minimum absolute atomic E-state index is 0.615. The lowest BCUT2D eigenvalue weighted by Crippen LogP contribution is -1.91. The number of allylic oxidation sites excluding steroid dienone is 1. The fraction of sp³-hybridized carbons (Fsp3) is 0.167. The van der Waals surface area contributed by atoms with Gasteiger partial charge in [-0.15, -0.1) is 0 Å². The molecular formula is C18H18N2OS. The van der Waals surface area contributed by atoms with Crippen LogP contribution in [0.25, 0.3) is 0 Å². The number of aryl methyl sites for hydroxylation is 1. The summed E-state index contributed by atoms with van der Waals surface area (Å²) in [4.78, 5) is 1.69. The molecule has 0 fully saturated rings. The number of para-hydroxylation sites is 1. The molecule has 112 valence electrons. The van der Waals surface area contributed by atoms with Gasteiger partial charge in [0, 0.05) is 16.8 Å². The summed E-state index contributed by atoms with van der Waals surface area (Å²) >= 11 is 1.46. The van der Waals surface area contributed by atoms with Crippen LogP contribution in [0.4, 0.5) is 5.69 Å². The van der Waals surface area contributed by atoms with Gasteiger partial charge < -0.3 is 10.1 Å². The first-order chi connectivity index (χ1) is 10.8. The van der Waals surface area contributed by atoms with E-state index in [1.54, 1.807) is 13.3 Å². The van der Waals surface area contributed by atoms with Crippen LogP contribution in [0.15, 0.2) is 64.5 Å². The molecule has 2 aromatic carbocycles. The topological polar surface area (TPSA) is 45.0 Å². The molecule has 0 bridgehead atoms. The highest BCUT2D eigenvalue weighted by molar-refractivity contribution is 8.03. The number of rotatable bonds is 6. The van der Waals surface area contributed by atoms with Gasteiger partial charge in [-0.25, -0.2) is 0 Å². The Hall–Kier alpha value is -2.38. The fourth-order valence-corrected chi connectivity index (χ4v) is 2.82. The van der Waals surface area contributed by atoms with Crippen LogP contribution in [-0.4, -0.2) is 7.11 Å². The van der Waals surface area contributed by atoms with Crippen molar-refractivity contribution in [2.45, 2.75) is 18.2 Å². The zero-order valence-electron chi connectivity index (χ0n) is 12.7. The molecule has 0 aromatic heterocycles. The number of anilines is 1. The predicted molar refractivity (Wildman–Crippen MR) is 92.0 cm³/mol. The van der Waals surface area contributed by atoms with Gasteiger partial charge in [-0.1, -0.05) is 36.9 Å². The predicted octanol–water partition coefficient (Wildman–Crippen LogP) is 4.83. The van der Waals surface area contributed by atoms with Gasteiger partial charge in [0.2, 0.25) is 0 Å². The summed E-state index contributed by atoms with van der Waals surface area (Å²) < 4.78 is 5.25. The van der Waals surface area contributed by atoms with Crippen molar-refractivity contribution in [2.24, 2.45) is 0 Å². The summed E-state index contributed by atoms with van der Waals surface area (Å²) in [5, 5.41) is 12.5. The van der Waals surface area contributed by atoms with Crippen LogP contribution in [0.5, 0.6) is 5.75 Å². The van der Waals surface area contributed by atoms with Crippen LogP contribution in [0.2, 0.25) is 0 Å². The second kappa shape index (κ2) is 8.16. The second-order valence-corrected chi connectivity index (χ2v) is 5.64. The molecule has 0 saturated carbocycles. The third-order valence-electron chi connectivity index (χ3n) is 3.12. The van der Waals surface area contributed by atoms with Crippen LogP contribution in [0.1, 0.15) is 12.5 Å². The van der Waals surface area contributed by atoms with E-state index in [0.29, 0.717) is 4.91 Å². The summed E-state index contributed by atoms with van der Waals surface area (Å²) in [5.41, 5.74) is 2.13. The monoisotopic (exact) mass is 310 g/mol. The van der Waals surface area contributed by atoms with Gasteiger partial charge in [0.05, 0.1) is 7.11 Å². The third-order valence-corrected chi connectivity index (χ3v) is 4.17. The molecule has 0 radical (unpaired) electrons. The van der Waals surface area contributed by atoms with Crippen molar-refractivity contribution in [3.63, 3.8) is 0 Å². The Kier molecular flexibility index (Phi) is 5.93. The smallest absolute Gasteiger partial charge is 0.119 e. The number of methoxy groups -OCH3 is 1. The lowest BCUT2D eigenvalue weighted by atomic mass is 10.1. The molecule has 22 heavy (non-hydrogen) atoms. The van der Waals surface area contributed by atoms with E-state index in [4.69, 9.17) is 4.74 Å². The average Bonchev–Trinajstić information content (AvgIpc) is 2.59. The molecular weight excluding hydrogens is 292 g/mol. The van der Waals surface area contributed by atoms with Gasteiger partial charge in [-0.2, -0.15) is 5.26 Å². The molecule has 0 aliphatic heterocycles. The molecule has 3 nitrogen and oxygen atoms in total. The largest absolute Gasteiger partial charge is 0.497 e. The van der Waals surface area contributed by atoms with Crippen LogP contribution in [0, 0.1) is 11.3 Å². The Labute approximate surface area is 135 Å². The molecule has 0 aliphatic rings. The van der Waals surface area contributed by atoms with E-state index in [1.165, 1.54) is 17.3 Å². The number of nitrogens with zero attached hydrogens (tertiary/aromatic N) is 1. The maximum Gasteiger partial charge on any atom is 0.119 e. The molecule has 0 saturated heterocycles. The summed E-state index contributed by atoms with van der Waals surface area (Å²) in [6, 6.07) is 17.9. The van der Waals surface area contributed by atoms with Crippen LogP contribution in [-0.2, 0) is 6.42 Å². The Morgan fingerprint density at radius 1 is 1.27 bits per heavy atom. The highest BCUT2D eigenvalue weighted by Crippen LogP contribution is 2.32. The summed E-state index contributed by atoms with van der Waals surface area (Å²) in [7, 11) is 1.66. The normalized spacial score (nSPS) is 10.9. The zero-order valence-corrected chi connectivity index (χ0v) is 13.5. The first-order valence-corrected chi connectivity index (χ1v) is 7.85. The Bertz CT molecular complexity index is 690. The maximum atomic E-state index is 9.33. The number of benzene rings is 2. The number of hydrogen-bond acceptors (Lipinski definition) is 4. The van der Waals surface area contributed by atoms with E-state index in [9.17, 15) is 5.26 Å². The standard InChI is InChI=1S/C18H18N2OS/c1-3-14-11-16(21-2)9-10-18(14)22-17(12-19)13-20-15-7-5-4-6-8-15/h4-11,13,20H,3H2,1-2H3/b17-13+. The van der Waals surface area contributed by atoms with E-state index in [0.717, 1.165) is 22.8 Å². The highest BCUT2D eigenvalue weighted by atomic mass is 32.2. The van der Waals surface area contributed by atoms with E-state index < -0.39 is 0 Å². The van der Waals surface area contributed by atoms with Crippen LogP contribution >= 0.6 is 11.8 Å². The molecule has 0 spiro atoms. The second-order valence-electron chi connectivity index (χ2n) is 4.56. The van der Waals surface area contributed by atoms with Crippen molar-refractivity contribution in [3.05, 3.63) is 65.2 Å². The van der Waals surface area contributed by atoms with Crippen molar-refractivity contribution < 1.29 is 4.74 Å². The lowest BCUT2D eigenvalue weighted by molar-refractivity contribution is 0.414. The first kappa shape index (κ1) is 16.0. The van der Waals surface area contributed by atoms with E-state index in [1.807, 2.05) is 48.5 Å². The van der Waals surface area contributed by atoms with E-state index in [-0.39, 0.29) is 0 Å². The van der Waals surface area contributed by atoms with Crippen LogP contribution in [0.3, 0.4) is 0 Å². The third kappa shape index (κ3) is 4.31. The summed E-state index contributed by atoms with van der Waals surface area (Å²) in [5.74, 6) is 0.839. The SMILES string of the molecule is CCc1cc(OC)ccc1S/C(C#N)=C/Nc1ccccc1. The van der Waals surface area contributed by atoms with E-state index >= 15 is 0 Å². The van der Waals surface area contributed by atoms with Gasteiger partial charge in [-0.3, -0.25) is 0 Å². The van der Waals surface area contributed by atoms with Crippen molar-refractivity contribution in [3.8, 4) is 11.8 Å². The molecule has 2 aromatic rings. The first-order valence-electron chi connectivity index (χ1n) is 7.03. The highest BCUT2D eigenvalue weighted by Gasteiger charge is 2.07. The molecule has 0 amide bonds. The minimum atomic E-state index is 0.615. The van der Waals surface area contributed by atoms with Gasteiger partial charge in [0.15, 0.2) is 0 Å². The van der Waals surface area contributed by atoms with Gasteiger partial charge in [0.1, 0.15) is 16.7 Å². The Morgan fingerprint density at radius 2 is 2.05 bits per heavy atom. The van der Waals surface area contributed by atoms with Crippen molar-refractivity contribution in [1.29, 1.82) is 5.26 Å². The van der Waals surface area contributed by atoms with Crippen molar-refractivity contribution in [1.82, 2.24) is 0 Å².